The second-order valence-corrected chi connectivity index (χ2v) is 7.52. The van der Waals surface area contributed by atoms with Crippen LogP contribution in [0.15, 0.2) is 71.8 Å². The maximum absolute atomic E-state index is 13.4. The molecule has 2 heterocycles. The highest BCUT2D eigenvalue weighted by Gasteiger charge is 2.41. The van der Waals surface area contributed by atoms with Crippen molar-refractivity contribution in [2.24, 2.45) is 5.10 Å². The fourth-order valence-corrected chi connectivity index (χ4v) is 4.04. The summed E-state index contributed by atoms with van der Waals surface area (Å²) in [7, 11) is 1.65. The zero-order chi connectivity index (χ0) is 20.0. The molecule has 0 aliphatic carbocycles. The minimum absolute atomic E-state index is 0.00963. The van der Waals surface area contributed by atoms with Crippen molar-refractivity contribution in [1.82, 2.24) is 5.01 Å². The molecule has 5 rings (SSSR count). The van der Waals surface area contributed by atoms with E-state index in [1.807, 2.05) is 47.5 Å². The molecule has 3 aromatic rings. The van der Waals surface area contributed by atoms with Crippen LogP contribution in [0.25, 0.3) is 0 Å². The van der Waals surface area contributed by atoms with E-state index in [-0.39, 0.29) is 11.9 Å². The van der Waals surface area contributed by atoms with E-state index in [2.05, 4.69) is 0 Å². The Hall–Kier alpha value is -3.05. The number of hydrogen-bond acceptors (Lipinski definition) is 4. The van der Waals surface area contributed by atoms with E-state index < -0.39 is 6.23 Å². The Morgan fingerprint density at radius 3 is 2.55 bits per heavy atom. The third-order valence-corrected chi connectivity index (χ3v) is 5.57. The molecule has 0 amide bonds. The van der Waals surface area contributed by atoms with Crippen molar-refractivity contribution in [3.63, 3.8) is 0 Å². The van der Waals surface area contributed by atoms with Crippen LogP contribution in [0.4, 0.5) is 4.39 Å². The SMILES string of the molecule is COc1ccc(C2=NN3[C@@H](C2)c2cc(Cl)ccc2O[C@H]3c2ccc(F)cc2)cc1. The van der Waals surface area contributed by atoms with Crippen LogP contribution in [0.5, 0.6) is 11.5 Å². The molecule has 2 atom stereocenters. The van der Waals surface area contributed by atoms with Gasteiger partial charge in [-0.1, -0.05) is 23.7 Å². The number of ether oxygens (including phenoxy) is 2. The lowest BCUT2D eigenvalue weighted by molar-refractivity contribution is -0.0190. The maximum atomic E-state index is 13.4. The third-order valence-electron chi connectivity index (χ3n) is 5.33. The van der Waals surface area contributed by atoms with Gasteiger partial charge in [-0.3, -0.25) is 0 Å². The molecule has 3 aromatic carbocycles. The van der Waals surface area contributed by atoms with Crippen molar-refractivity contribution in [2.75, 3.05) is 7.11 Å². The normalized spacial score (nSPS) is 19.8. The predicted octanol–water partition coefficient (Wildman–Crippen LogP) is 5.73. The van der Waals surface area contributed by atoms with Gasteiger partial charge in [-0.25, -0.2) is 9.40 Å². The molecule has 6 heteroatoms. The Bertz CT molecular complexity index is 1080. The monoisotopic (exact) mass is 408 g/mol. The van der Waals surface area contributed by atoms with Crippen LogP contribution in [-0.4, -0.2) is 17.8 Å². The van der Waals surface area contributed by atoms with Gasteiger partial charge in [0.25, 0.3) is 0 Å². The van der Waals surface area contributed by atoms with Gasteiger partial charge in [-0.15, -0.1) is 0 Å². The Kier molecular flexibility index (Phi) is 4.40. The number of benzene rings is 3. The fourth-order valence-electron chi connectivity index (χ4n) is 3.86. The molecule has 0 spiro atoms. The molecule has 2 aliphatic heterocycles. The van der Waals surface area contributed by atoms with E-state index >= 15 is 0 Å². The van der Waals surface area contributed by atoms with Crippen LogP contribution in [0.3, 0.4) is 0 Å². The summed E-state index contributed by atoms with van der Waals surface area (Å²) in [5.74, 6) is 1.29. The van der Waals surface area contributed by atoms with Crippen molar-refractivity contribution >= 4 is 17.3 Å². The van der Waals surface area contributed by atoms with Crippen molar-refractivity contribution < 1.29 is 13.9 Å². The third kappa shape index (κ3) is 3.21. The first-order chi connectivity index (χ1) is 14.1. The summed E-state index contributed by atoms with van der Waals surface area (Å²) in [6.45, 7) is 0. The molecule has 0 aromatic heterocycles. The van der Waals surface area contributed by atoms with Crippen LogP contribution >= 0.6 is 11.6 Å². The molecule has 2 aliphatic rings. The van der Waals surface area contributed by atoms with Crippen LogP contribution < -0.4 is 9.47 Å². The standard InChI is InChI=1S/C23H18ClFN2O2/c1-28-18-9-4-14(5-10-18)20-13-21-19-12-16(24)6-11-22(19)29-23(27(21)26-20)15-2-7-17(25)8-3-15/h2-12,21,23H,13H2,1H3/t21-,23-/m0/s1. The number of nitrogens with zero attached hydrogens (tertiary/aromatic N) is 2. The highest BCUT2D eigenvalue weighted by molar-refractivity contribution is 6.30. The Balaban J connectivity index is 1.57. The number of methoxy groups -OCH3 is 1. The second-order valence-electron chi connectivity index (χ2n) is 7.08. The van der Waals surface area contributed by atoms with Crippen LogP contribution in [0, 0.1) is 5.82 Å². The molecule has 146 valence electrons. The summed E-state index contributed by atoms with van der Waals surface area (Å²) >= 11 is 6.26. The van der Waals surface area contributed by atoms with E-state index in [0.717, 1.165) is 40.3 Å². The summed E-state index contributed by atoms with van der Waals surface area (Å²) in [5.41, 5.74) is 3.84. The van der Waals surface area contributed by atoms with E-state index in [9.17, 15) is 4.39 Å². The molecule has 0 N–H and O–H groups in total. The lowest BCUT2D eigenvalue weighted by Gasteiger charge is -2.38. The molecule has 29 heavy (non-hydrogen) atoms. The molecular formula is C23H18ClFN2O2. The van der Waals surface area contributed by atoms with Crippen molar-refractivity contribution in [2.45, 2.75) is 18.7 Å². The topological polar surface area (TPSA) is 34.1 Å². The highest BCUT2D eigenvalue weighted by Crippen LogP contribution is 2.48. The summed E-state index contributed by atoms with van der Waals surface area (Å²) < 4.78 is 25.0. The number of halogens is 2. The van der Waals surface area contributed by atoms with Gasteiger partial charge in [0, 0.05) is 22.6 Å². The maximum Gasteiger partial charge on any atom is 0.213 e. The molecule has 0 fully saturated rings. The largest absolute Gasteiger partial charge is 0.497 e. The second kappa shape index (κ2) is 7.08. The van der Waals surface area contributed by atoms with Crippen LogP contribution in [0.1, 0.15) is 35.4 Å². The van der Waals surface area contributed by atoms with Gasteiger partial charge in [0.15, 0.2) is 0 Å². The first-order valence-corrected chi connectivity index (χ1v) is 9.72. The Morgan fingerprint density at radius 2 is 1.83 bits per heavy atom. The van der Waals surface area contributed by atoms with Gasteiger partial charge in [0.2, 0.25) is 6.23 Å². The Morgan fingerprint density at radius 1 is 1.07 bits per heavy atom. The zero-order valence-electron chi connectivity index (χ0n) is 15.7. The molecule has 4 nitrogen and oxygen atoms in total. The fraction of sp³-hybridized carbons (Fsp3) is 0.174. The predicted molar refractivity (Wildman–Crippen MR) is 110 cm³/mol. The quantitative estimate of drug-likeness (QED) is 0.555. The zero-order valence-corrected chi connectivity index (χ0v) is 16.4. The van der Waals surface area contributed by atoms with E-state index in [0.29, 0.717) is 5.02 Å². The lowest BCUT2D eigenvalue weighted by Crippen LogP contribution is -2.33. The van der Waals surface area contributed by atoms with E-state index in [1.165, 1.54) is 12.1 Å². The number of hydrazone groups is 1. The molecule has 0 radical (unpaired) electrons. The molecule has 0 saturated heterocycles. The first kappa shape index (κ1) is 18.0. The smallest absolute Gasteiger partial charge is 0.213 e. The van der Waals surface area contributed by atoms with Gasteiger partial charge in [0.1, 0.15) is 17.3 Å². The van der Waals surface area contributed by atoms with E-state index in [4.69, 9.17) is 26.2 Å². The molecule has 0 bridgehead atoms. The van der Waals surface area contributed by atoms with Gasteiger partial charge >= 0.3 is 0 Å². The van der Waals surface area contributed by atoms with Gasteiger partial charge in [-0.2, -0.15) is 5.10 Å². The average molecular weight is 409 g/mol. The van der Waals surface area contributed by atoms with E-state index in [1.54, 1.807) is 19.2 Å². The molecular weight excluding hydrogens is 391 g/mol. The van der Waals surface area contributed by atoms with Crippen molar-refractivity contribution in [1.29, 1.82) is 0 Å². The van der Waals surface area contributed by atoms with Crippen LogP contribution in [0.2, 0.25) is 5.02 Å². The first-order valence-electron chi connectivity index (χ1n) is 9.34. The van der Waals surface area contributed by atoms with Gasteiger partial charge < -0.3 is 9.47 Å². The summed E-state index contributed by atoms with van der Waals surface area (Å²) in [5, 5.41) is 7.50. The minimum atomic E-state index is -0.440. The number of hydrogen-bond donors (Lipinski definition) is 0. The minimum Gasteiger partial charge on any atom is -0.497 e. The number of fused-ring (bicyclic) bond motifs is 3. The summed E-state index contributed by atoms with van der Waals surface area (Å²) in [4.78, 5) is 0. The summed E-state index contributed by atoms with van der Waals surface area (Å²) in [6, 6.07) is 19.8. The molecule has 0 unspecified atom stereocenters. The van der Waals surface area contributed by atoms with Gasteiger partial charge in [-0.05, 0) is 60.2 Å². The van der Waals surface area contributed by atoms with Crippen molar-refractivity contribution in [3.05, 3.63) is 94.3 Å². The highest BCUT2D eigenvalue weighted by atomic mass is 35.5. The Labute approximate surface area is 173 Å². The van der Waals surface area contributed by atoms with Gasteiger partial charge in [0.05, 0.1) is 18.9 Å². The lowest BCUT2D eigenvalue weighted by atomic mass is 9.96. The average Bonchev–Trinajstić information content (AvgIpc) is 3.20. The molecule has 0 saturated carbocycles. The summed E-state index contributed by atoms with van der Waals surface area (Å²) in [6.07, 6.45) is 0.283. The van der Waals surface area contributed by atoms with Crippen molar-refractivity contribution in [3.8, 4) is 11.5 Å². The van der Waals surface area contributed by atoms with Crippen LogP contribution in [-0.2, 0) is 0 Å². The number of rotatable bonds is 3.